The maximum Gasteiger partial charge on any atom is 0.246 e. The molecule has 0 spiro atoms. The molecule has 2 rings (SSSR count). The highest BCUT2D eigenvalue weighted by molar-refractivity contribution is 6.32. The van der Waals surface area contributed by atoms with E-state index in [1.54, 1.807) is 36.3 Å². The Morgan fingerprint density at radius 1 is 1.11 bits per heavy atom. The fourth-order valence-electron chi connectivity index (χ4n) is 2.77. The van der Waals surface area contributed by atoms with Gasteiger partial charge in [0, 0.05) is 38.9 Å². The van der Waals surface area contributed by atoms with Crippen LogP contribution in [-0.2, 0) is 11.3 Å². The number of hydrogen-bond donors (Lipinski definition) is 0. The molecular weight excluding hydrogens is 376 g/mol. The fraction of sp³-hybridized carbons (Fsp3) is 0.318. The molecule has 0 aliphatic rings. The molecule has 0 aliphatic heterocycles. The molecule has 0 bridgehead atoms. The van der Waals surface area contributed by atoms with Crippen LogP contribution in [0.5, 0.6) is 11.5 Å². The Morgan fingerprint density at radius 2 is 1.79 bits per heavy atom. The fourth-order valence-corrected chi connectivity index (χ4v) is 3.07. The molecule has 0 heterocycles. The molecule has 0 saturated heterocycles. The van der Waals surface area contributed by atoms with Crippen LogP contribution in [0.25, 0.3) is 6.08 Å². The summed E-state index contributed by atoms with van der Waals surface area (Å²) in [6, 6.07) is 11.7. The smallest absolute Gasteiger partial charge is 0.246 e. The van der Waals surface area contributed by atoms with Crippen molar-refractivity contribution in [3.63, 3.8) is 0 Å². The van der Waals surface area contributed by atoms with Gasteiger partial charge in [0.2, 0.25) is 5.91 Å². The van der Waals surface area contributed by atoms with Gasteiger partial charge in [-0.2, -0.15) is 0 Å². The Hall–Kier alpha value is -2.66. The van der Waals surface area contributed by atoms with E-state index in [-0.39, 0.29) is 5.91 Å². The highest BCUT2D eigenvalue weighted by atomic mass is 35.5. The van der Waals surface area contributed by atoms with Crippen LogP contribution < -0.4 is 14.4 Å². The number of carbonyl (C=O) groups excluding carboxylic acids is 1. The second-order valence-corrected chi connectivity index (χ2v) is 6.89. The van der Waals surface area contributed by atoms with Crippen LogP contribution in [0.3, 0.4) is 0 Å². The number of amides is 1. The number of likely N-dealkylation sites (N-methyl/N-ethyl adjacent to an activating group) is 1. The third kappa shape index (κ3) is 5.42. The van der Waals surface area contributed by atoms with Crippen molar-refractivity contribution in [3.05, 3.63) is 58.6 Å². The van der Waals surface area contributed by atoms with Gasteiger partial charge in [0.05, 0.1) is 19.2 Å². The van der Waals surface area contributed by atoms with Crippen molar-refractivity contribution >= 4 is 29.3 Å². The number of halogens is 1. The van der Waals surface area contributed by atoms with Gasteiger partial charge in [0.25, 0.3) is 0 Å². The number of anilines is 1. The first-order valence-corrected chi connectivity index (χ1v) is 9.42. The van der Waals surface area contributed by atoms with Crippen LogP contribution in [0.1, 0.15) is 18.1 Å². The average molecular weight is 403 g/mol. The zero-order valence-electron chi connectivity index (χ0n) is 17.0. The number of ether oxygens (including phenoxy) is 2. The first-order valence-electron chi connectivity index (χ1n) is 9.04. The molecule has 0 aliphatic carbocycles. The molecule has 0 aromatic heterocycles. The first-order chi connectivity index (χ1) is 13.4. The van der Waals surface area contributed by atoms with Crippen LogP contribution in [0.4, 0.5) is 5.69 Å². The van der Waals surface area contributed by atoms with Crippen molar-refractivity contribution in [3.8, 4) is 11.5 Å². The van der Waals surface area contributed by atoms with Crippen LogP contribution in [-0.4, -0.2) is 45.7 Å². The number of nitrogens with zero attached hydrogens (tertiary/aromatic N) is 2. The molecule has 0 unspecified atom stereocenters. The van der Waals surface area contributed by atoms with Crippen molar-refractivity contribution < 1.29 is 14.3 Å². The highest BCUT2D eigenvalue weighted by Crippen LogP contribution is 2.36. The van der Waals surface area contributed by atoms with Crippen molar-refractivity contribution in [2.45, 2.75) is 13.5 Å². The van der Waals surface area contributed by atoms with E-state index >= 15 is 0 Å². The maximum atomic E-state index is 12.6. The second kappa shape index (κ2) is 10.0. The molecule has 6 heteroatoms. The number of methoxy groups -OCH3 is 2. The molecule has 28 heavy (non-hydrogen) atoms. The predicted octanol–water partition coefficient (Wildman–Crippen LogP) is 4.49. The van der Waals surface area contributed by atoms with E-state index in [1.807, 2.05) is 38.1 Å². The lowest BCUT2D eigenvalue weighted by Gasteiger charge is -2.20. The summed E-state index contributed by atoms with van der Waals surface area (Å²) in [5.41, 5.74) is 2.98. The molecule has 5 nitrogen and oxygen atoms in total. The lowest BCUT2D eigenvalue weighted by atomic mass is 10.1. The van der Waals surface area contributed by atoms with Crippen LogP contribution >= 0.6 is 11.6 Å². The number of benzene rings is 2. The predicted molar refractivity (Wildman–Crippen MR) is 115 cm³/mol. The number of carbonyl (C=O) groups is 1. The van der Waals surface area contributed by atoms with E-state index in [1.165, 1.54) is 7.11 Å². The average Bonchev–Trinajstić information content (AvgIpc) is 2.69. The van der Waals surface area contributed by atoms with Gasteiger partial charge in [-0.05, 0) is 48.4 Å². The monoisotopic (exact) mass is 402 g/mol. The van der Waals surface area contributed by atoms with Crippen LogP contribution in [0.15, 0.2) is 42.5 Å². The maximum absolute atomic E-state index is 12.6. The van der Waals surface area contributed by atoms with Crippen molar-refractivity contribution in [2.24, 2.45) is 0 Å². The third-order valence-electron chi connectivity index (χ3n) is 4.39. The summed E-state index contributed by atoms with van der Waals surface area (Å²) in [4.78, 5) is 16.5. The summed E-state index contributed by atoms with van der Waals surface area (Å²) in [6.07, 6.45) is 3.28. The molecule has 0 saturated carbocycles. The van der Waals surface area contributed by atoms with Gasteiger partial charge in [-0.3, -0.25) is 4.79 Å². The minimum absolute atomic E-state index is 0.0647. The second-order valence-electron chi connectivity index (χ2n) is 6.48. The standard InChI is InChI=1S/C22H27ClN2O3/c1-6-25(15-16-7-10-18(11-8-16)24(2)3)21(26)12-9-17-13-19(23)22(28-5)20(14-17)27-4/h7-14H,6,15H2,1-5H3/b12-9+. The minimum atomic E-state index is -0.0647. The van der Waals surface area contributed by atoms with Crippen LogP contribution in [0, 0.1) is 0 Å². The molecule has 0 fully saturated rings. The number of rotatable bonds is 8. The Labute approximate surface area is 172 Å². The van der Waals surface area contributed by atoms with Gasteiger partial charge in [0.15, 0.2) is 11.5 Å². The molecule has 0 radical (unpaired) electrons. The largest absolute Gasteiger partial charge is 0.493 e. The Balaban J connectivity index is 2.12. The summed E-state index contributed by atoms with van der Waals surface area (Å²) in [7, 11) is 7.09. The molecule has 1 amide bonds. The third-order valence-corrected chi connectivity index (χ3v) is 4.67. The van der Waals surface area contributed by atoms with Crippen molar-refractivity contribution in [1.29, 1.82) is 0 Å². The summed E-state index contributed by atoms with van der Waals surface area (Å²) >= 11 is 6.22. The molecule has 0 atom stereocenters. The lowest BCUT2D eigenvalue weighted by Crippen LogP contribution is -2.28. The van der Waals surface area contributed by atoms with Gasteiger partial charge in [-0.25, -0.2) is 0 Å². The lowest BCUT2D eigenvalue weighted by molar-refractivity contribution is -0.126. The minimum Gasteiger partial charge on any atom is -0.493 e. The van der Waals surface area contributed by atoms with Crippen molar-refractivity contribution in [1.82, 2.24) is 4.90 Å². The van der Waals surface area contributed by atoms with E-state index in [4.69, 9.17) is 21.1 Å². The van der Waals surface area contributed by atoms with Gasteiger partial charge in [0.1, 0.15) is 0 Å². The Kier molecular flexibility index (Phi) is 7.76. The zero-order valence-corrected chi connectivity index (χ0v) is 17.8. The van der Waals surface area contributed by atoms with Gasteiger partial charge < -0.3 is 19.3 Å². The number of hydrogen-bond acceptors (Lipinski definition) is 4. The normalized spacial score (nSPS) is 10.8. The summed E-state index contributed by atoms with van der Waals surface area (Å²) in [5.74, 6) is 0.935. The zero-order chi connectivity index (χ0) is 20.7. The molecule has 150 valence electrons. The van der Waals surface area contributed by atoms with E-state index in [2.05, 4.69) is 12.1 Å². The molecule has 0 N–H and O–H groups in total. The van der Waals surface area contributed by atoms with Gasteiger partial charge in [-0.1, -0.05) is 23.7 Å². The van der Waals surface area contributed by atoms with Gasteiger partial charge in [-0.15, -0.1) is 0 Å². The van der Waals surface area contributed by atoms with Crippen molar-refractivity contribution in [2.75, 3.05) is 39.8 Å². The SMILES string of the molecule is CCN(Cc1ccc(N(C)C)cc1)C(=O)/C=C/c1cc(Cl)c(OC)c(OC)c1. The summed E-state index contributed by atoms with van der Waals surface area (Å²) < 4.78 is 10.5. The van der Waals surface area contributed by atoms with E-state index in [0.717, 1.165) is 16.8 Å². The summed E-state index contributed by atoms with van der Waals surface area (Å²) in [6.45, 7) is 3.14. The van der Waals surface area contributed by atoms with E-state index < -0.39 is 0 Å². The molecular formula is C22H27ClN2O3. The quantitative estimate of drug-likeness (QED) is 0.610. The Morgan fingerprint density at radius 3 is 2.32 bits per heavy atom. The highest BCUT2D eigenvalue weighted by Gasteiger charge is 2.12. The molecule has 2 aromatic rings. The van der Waals surface area contributed by atoms with E-state index in [0.29, 0.717) is 29.6 Å². The van der Waals surface area contributed by atoms with Crippen LogP contribution in [0.2, 0.25) is 5.02 Å². The van der Waals surface area contributed by atoms with E-state index in [9.17, 15) is 4.79 Å². The topological polar surface area (TPSA) is 42.0 Å². The molecule has 2 aromatic carbocycles. The first kappa shape index (κ1) is 21.6. The Bertz CT molecular complexity index is 832. The van der Waals surface area contributed by atoms with Gasteiger partial charge >= 0.3 is 0 Å². The summed E-state index contributed by atoms with van der Waals surface area (Å²) in [5, 5.41) is 0.433.